The molecule has 99 valence electrons. The molecule has 0 atom stereocenters. The van der Waals surface area contributed by atoms with Gasteiger partial charge in [-0.25, -0.2) is 0 Å². The van der Waals surface area contributed by atoms with Crippen LogP contribution in [0.2, 0.25) is 0 Å². The van der Waals surface area contributed by atoms with Crippen LogP contribution in [0.25, 0.3) is 0 Å². The summed E-state index contributed by atoms with van der Waals surface area (Å²) in [5.74, 6) is 0.0212. The topological polar surface area (TPSA) is 26.3 Å². The van der Waals surface area contributed by atoms with E-state index in [-0.39, 0.29) is 11.4 Å². The molecule has 0 aliphatic carbocycles. The molecule has 17 heavy (non-hydrogen) atoms. The van der Waals surface area contributed by atoms with Gasteiger partial charge in [-0.2, -0.15) is 0 Å². The Hall–Kier alpha value is 0.0129. The molecule has 0 aromatic heterocycles. The predicted molar refractivity (Wildman–Crippen MR) is 72.9 cm³/mol. The summed E-state index contributed by atoms with van der Waals surface area (Å²) in [5.41, 5.74) is -0.198. The van der Waals surface area contributed by atoms with Crippen molar-refractivity contribution in [2.75, 3.05) is 0 Å². The molecule has 0 spiro atoms. The number of unbranched alkanes of at least 4 members (excludes halogenated alkanes) is 3. The van der Waals surface area contributed by atoms with Crippen LogP contribution in [0.3, 0.4) is 0 Å². The first-order valence-corrected chi connectivity index (χ1v) is 7.90. The number of hydrogen-bond donors (Lipinski definition) is 0. The third kappa shape index (κ3) is 5.94. The zero-order valence-electron chi connectivity index (χ0n) is 11.7. The van der Waals surface area contributed by atoms with Gasteiger partial charge in [-0.15, -0.1) is 0 Å². The van der Waals surface area contributed by atoms with Crippen LogP contribution >= 0.6 is 0 Å². The monoisotopic (exact) mass is 301 g/mol. The van der Waals surface area contributed by atoms with Crippen LogP contribution in [-0.2, 0) is 8.56 Å². The van der Waals surface area contributed by atoms with Gasteiger partial charge in [0.25, 0.3) is 0 Å². The maximum atomic E-state index is 12.1. The Morgan fingerprint density at radius 3 is 1.53 bits per heavy atom. The zero-order chi connectivity index (χ0) is 13.1. The van der Waals surface area contributed by atoms with E-state index in [9.17, 15) is 4.79 Å². The molecule has 0 bridgehead atoms. The van der Waals surface area contributed by atoms with Crippen molar-refractivity contribution in [2.24, 2.45) is 5.41 Å². The summed E-state index contributed by atoms with van der Waals surface area (Å²) in [6.45, 7) is 6.55. The molecule has 0 aliphatic heterocycles. The van der Waals surface area contributed by atoms with Crippen molar-refractivity contribution in [1.82, 2.24) is 0 Å². The fourth-order valence-corrected chi connectivity index (χ4v) is 2.79. The molecule has 2 nitrogen and oxygen atoms in total. The summed E-state index contributed by atoms with van der Waals surface area (Å²) < 4.78 is 5.07. The van der Waals surface area contributed by atoms with E-state index in [1.807, 2.05) is 0 Å². The Kier molecular flexibility index (Phi) is 9.99. The van der Waals surface area contributed by atoms with E-state index in [0.29, 0.717) is 0 Å². The summed E-state index contributed by atoms with van der Waals surface area (Å²) in [4.78, 5) is 12.1. The molecule has 3 radical (unpaired) electrons. The molecule has 0 amide bonds. The zero-order valence-corrected chi connectivity index (χ0v) is 13.8. The van der Waals surface area contributed by atoms with Gasteiger partial charge < -0.3 is 0 Å². The minimum absolute atomic E-state index is 0.0212. The second kappa shape index (κ2) is 9.98. The third-order valence-electron chi connectivity index (χ3n) is 3.55. The van der Waals surface area contributed by atoms with Crippen LogP contribution in [0.15, 0.2) is 0 Å². The number of carbonyl (C=O) groups excluding carboxylic acids is 1. The van der Waals surface area contributed by atoms with Gasteiger partial charge in [0.05, 0.1) is 0 Å². The quantitative estimate of drug-likeness (QED) is 0.566. The van der Waals surface area contributed by atoms with Gasteiger partial charge in [-0.3, -0.25) is 0 Å². The molecular formula is C14H27GeO2. The number of rotatable bonds is 10. The van der Waals surface area contributed by atoms with Crippen molar-refractivity contribution in [3.05, 3.63) is 0 Å². The van der Waals surface area contributed by atoms with Crippen LogP contribution in [-0.4, -0.2) is 22.8 Å². The van der Waals surface area contributed by atoms with Gasteiger partial charge >= 0.3 is 115 Å². The minimum atomic E-state index is -0.198. The molecule has 0 heterocycles. The second-order valence-corrected chi connectivity index (χ2v) is 5.41. The van der Waals surface area contributed by atoms with Crippen molar-refractivity contribution < 1.29 is 8.56 Å². The van der Waals surface area contributed by atoms with Crippen molar-refractivity contribution in [3.8, 4) is 0 Å². The average molecular weight is 300 g/mol. The van der Waals surface area contributed by atoms with E-state index < -0.39 is 0 Å². The van der Waals surface area contributed by atoms with Crippen molar-refractivity contribution in [3.63, 3.8) is 0 Å². The van der Waals surface area contributed by atoms with Crippen LogP contribution in [0.1, 0.15) is 78.6 Å². The van der Waals surface area contributed by atoms with Gasteiger partial charge in [-0.05, 0) is 0 Å². The molecule has 0 N–H and O–H groups in total. The molecule has 0 aromatic carbocycles. The Labute approximate surface area is 115 Å². The molecule has 3 heteroatoms. The number of hydrogen-bond acceptors (Lipinski definition) is 2. The Morgan fingerprint density at radius 2 is 1.29 bits per heavy atom. The first kappa shape index (κ1) is 17.0. The van der Waals surface area contributed by atoms with Crippen LogP contribution in [0.5, 0.6) is 0 Å². The van der Waals surface area contributed by atoms with Crippen LogP contribution in [0, 0.1) is 5.41 Å². The molecule has 0 rings (SSSR count). The summed E-state index contributed by atoms with van der Waals surface area (Å²) in [6.07, 6.45) is 9.82. The molecule has 0 fully saturated rings. The average Bonchev–Trinajstić information content (AvgIpc) is 2.37. The van der Waals surface area contributed by atoms with E-state index in [1.54, 1.807) is 0 Å². The summed E-state index contributed by atoms with van der Waals surface area (Å²) in [6, 6.07) is 0. The van der Waals surface area contributed by atoms with Gasteiger partial charge in [0, 0.05) is 0 Å². The van der Waals surface area contributed by atoms with Crippen molar-refractivity contribution >= 4 is 22.8 Å². The Bertz CT molecular complexity index is 183. The van der Waals surface area contributed by atoms with Crippen LogP contribution in [0.4, 0.5) is 0 Å². The third-order valence-corrected chi connectivity index (χ3v) is 3.94. The Balaban J connectivity index is 4.70. The Morgan fingerprint density at radius 1 is 0.941 bits per heavy atom. The van der Waals surface area contributed by atoms with Gasteiger partial charge in [0.2, 0.25) is 0 Å². The molecule has 0 saturated heterocycles. The van der Waals surface area contributed by atoms with Gasteiger partial charge in [-0.1, -0.05) is 0 Å². The fraction of sp³-hybridized carbons (Fsp3) is 0.929. The second-order valence-electron chi connectivity index (χ2n) is 4.98. The van der Waals surface area contributed by atoms with Crippen LogP contribution < -0.4 is 0 Å². The molecule has 0 unspecified atom stereocenters. The molecule has 0 saturated carbocycles. The van der Waals surface area contributed by atoms with Crippen molar-refractivity contribution in [1.29, 1.82) is 0 Å². The first-order valence-electron chi connectivity index (χ1n) is 7.04. The summed E-state index contributed by atoms with van der Waals surface area (Å²) in [7, 11) is 0. The first-order chi connectivity index (χ1) is 8.16. The van der Waals surface area contributed by atoms with E-state index in [1.165, 1.54) is 16.9 Å². The molecule has 0 aliphatic rings. The van der Waals surface area contributed by atoms with Crippen molar-refractivity contribution in [2.45, 2.75) is 78.6 Å². The predicted octanol–water partition coefficient (Wildman–Crippen LogP) is 4.17. The van der Waals surface area contributed by atoms with Gasteiger partial charge in [0.15, 0.2) is 0 Å². The molecule has 0 aromatic rings. The maximum absolute atomic E-state index is 12.1. The van der Waals surface area contributed by atoms with E-state index in [4.69, 9.17) is 3.76 Å². The van der Waals surface area contributed by atoms with E-state index in [0.717, 1.165) is 57.8 Å². The normalized spacial score (nSPS) is 11.5. The number of carbonyl (C=O) groups is 1. The standard InChI is InChI=1S/C14H27GeO2/c1-4-7-10-14(11-8-5-2,12-9-6-3)13(16)17-15/h4-12H2,1-3H3. The summed E-state index contributed by atoms with van der Waals surface area (Å²) in [5, 5.41) is 0. The fourth-order valence-electron chi connectivity index (χ4n) is 2.33. The van der Waals surface area contributed by atoms with E-state index >= 15 is 0 Å². The van der Waals surface area contributed by atoms with E-state index in [2.05, 4.69) is 20.8 Å². The SMILES string of the molecule is CCCCC(CCCC)(CCCC)C(=O)[O][Ge]. The summed E-state index contributed by atoms with van der Waals surface area (Å²) >= 11 is 1.53. The molecular weight excluding hydrogens is 273 g/mol. The van der Waals surface area contributed by atoms with Gasteiger partial charge in [0.1, 0.15) is 0 Å².